The van der Waals surface area contributed by atoms with Crippen molar-refractivity contribution in [2.45, 2.75) is 51.0 Å². The molecule has 4 rings (SSSR count). The molecule has 28 heavy (non-hydrogen) atoms. The van der Waals surface area contributed by atoms with E-state index in [9.17, 15) is 13.2 Å². The summed E-state index contributed by atoms with van der Waals surface area (Å²) in [5, 5.41) is 5.28. The summed E-state index contributed by atoms with van der Waals surface area (Å²) in [4.78, 5) is 17.3. The van der Waals surface area contributed by atoms with Gasteiger partial charge in [0.25, 0.3) is 0 Å². The van der Waals surface area contributed by atoms with Crippen molar-refractivity contribution < 1.29 is 13.2 Å². The fraction of sp³-hybridized carbons (Fsp3) is 0.500. The Bertz CT molecular complexity index is 984. The van der Waals surface area contributed by atoms with E-state index < -0.39 is 16.1 Å². The van der Waals surface area contributed by atoms with Gasteiger partial charge in [-0.1, -0.05) is 18.6 Å². The van der Waals surface area contributed by atoms with Crippen LogP contribution >= 0.6 is 11.3 Å². The zero-order valence-corrected chi connectivity index (χ0v) is 17.6. The maximum Gasteiger partial charge on any atom is 0.244 e. The SMILES string of the molecule is CS(=O)(=O)N1CCCCC1C(=O)Nc1nc(-c2ccc3c(c2)CCCC3)cs1. The van der Waals surface area contributed by atoms with Crippen LogP contribution in [0.15, 0.2) is 23.6 Å². The third-order valence-corrected chi connectivity index (χ3v) is 7.61. The number of aryl methyl sites for hydroxylation is 2. The molecule has 0 bridgehead atoms. The van der Waals surface area contributed by atoms with E-state index in [4.69, 9.17) is 0 Å². The standard InChI is InChI=1S/C20H25N3O3S2/c1-28(25,26)23-11-5-4-8-18(23)19(24)22-20-21-17(13-27-20)16-10-9-14-6-2-3-7-15(14)12-16/h9-10,12-13,18H,2-8,11H2,1H3,(H,21,22,24). The number of benzene rings is 1. The molecule has 150 valence electrons. The fourth-order valence-corrected chi connectivity index (χ4v) is 5.96. The lowest BCUT2D eigenvalue weighted by atomic mass is 9.90. The predicted molar refractivity (Wildman–Crippen MR) is 112 cm³/mol. The van der Waals surface area contributed by atoms with Gasteiger partial charge in [0.1, 0.15) is 6.04 Å². The quantitative estimate of drug-likeness (QED) is 0.823. The molecule has 2 aromatic rings. The van der Waals surface area contributed by atoms with Crippen LogP contribution < -0.4 is 5.32 Å². The summed E-state index contributed by atoms with van der Waals surface area (Å²) in [6.45, 7) is 0.398. The molecule has 1 aliphatic carbocycles. The van der Waals surface area contributed by atoms with Crippen LogP contribution in [0.5, 0.6) is 0 Å². The van der Waals surface area contributed by atoms with Crippen LogP contribution in [0.1, 0.15) is 43.2 Å². The first kappa shape index (κ1) is 19.5. The van der Waals surface area contributed by atoms with Gasteiger partial charge in [0.2, 0.25) is 15.9 Å². The van der Waals surface area contributed by atoms with Crippen molar-refractivity contribution >= 4 is 32.4 Å². The van der Waals surface area contributed by atoms with Gasteiger partial charge in [0.05, 0.1) is 11.9 Å². The van der Waals surface area contributed by atoms with Crippen molar-refractivity contribution in [2.24, 2.45) is 0 Å². The van der Waals surface area contributed by atoms with Gasteiger partial charge in [0, 0.05) is 17.5 Å². The molecule has 1 fully saturated rings. The topological polar surface area (TPSA) is 79.4 Å². The molecule has 1 unspecified atom stereocenters. The molecule has 0 spiro atoms. The van der Waals surface area contributed by atoms with E-state index >= 15 is 0 Å². The van der Waals surface area contributed by atoms with Crippen LogP contribution in [0.2, 0.25) is 0 Å². The molecule has 1 aromatic heterocycles. The fourth-order valence-electron chi connectivity index (χ4n) is 4.11. The Morgan fingerprint density at radius 1 is 1.18 bits per heavy atom. The molecule has 6 nitrogen and oxygen atoms in total. The number of aromatic nitrogens is 1. The molecule has 1 saturated heterocycles. The van der Waals surface area contributed by atoms with E-state index in [1.807, 2.05) is 5.38 Å². The molecular weight excluding hydrogens is 394 g/mol. The van der Waals surface area contributed by atoms with Crippen LogP contribution in [0.3, 0.4) is 0 Å². The first-order valence-electron chi connectivity index (χ1n) is 9.77. The summed E-state index contributed by atoms with van der Waals surface area (Å²) in [6, 6.07) is 5.84. The smallest absolute Gasteiger partial charge is 0.244 e. The summed E-state index contributed by atoms with van der Waals surface area (Å²) >= 11 is 1.37. The molecule has 2 heterocycles. The number of rotatable bonds is 4. The number of anilines is 1. The average Bonchev–Trinajstić information content (AvgIpc) is 3.15. The van der Waals surface area contributed by atoms with Crippen molar-refractivity contribution in [1.29, 1.82) is 0 Å². The maximum absolute atomic E-state index is 12.7. The third kappa shape index (κ3) is 4.14. The zero-order chi connectivity index (χ0) is 19.7. The van der Waals surface area contributed by atoms with Crippen molar-refractivity contribution in [3.63, 3.8) is 0 Å². The van der Waals surface area contributed by atoms with Crippen LogP contribution in [0, 0.1) is 0 Å². The van der Waals surface area contributed by atoms with E-state index in [2.05, 4.69) is 28.5 Å². The highest BCUT2D eigenvalue weighted by Gasteiger charge is 2.34. The van der Waals surface area contributed by atoms with Crippen molar-refractivity contribution in [2.75, 3.05) is 18.1 Å². The number of amides is 1. The zero-order valence-electron chi connectivity index (χ0n) is 16.0. The predicted octanol–water partition coefficient (Wildman–Crippen LogP) is 3.44. The third-order valence-electron chi connectivity index (χ3n) is 5.56. The Hall–Kier alpha value is -1.77. The number of nitrogens with one attached hydrogen (secondary N) is 1. The van der Waals surface area contributed by atoms with Gasteiger partial charge >= 0.3 is 0 Å². The Morgan fingerprint density at radius 3 is 2.75 bits per heavy atom. The van der Waals surface area contributed by atoms with E-state index in [-0.39, 0.29) is 5.91 Å². The number of hydrogen-bond donors (Lipinski definition) is 1. The number of carbonyl (C=O) groups excluding carboxylic acids is 1. The number of thiazole rings is 1. The van der Waals surface area contributed by atoms with E-state index in [1.54, 1.807) is 0 Å². The first-order valence-corrected chi connectivity index (χ1v) is 12.5. The van der Waals surface area contributed by atoms with E-state index in [0.29, 0.717) is 18.1 Å². The lowest BCUT2D eigenvalue weighted by Gasteiger charge is -2.32. The second kappa shape index (κ2) is 7.93. The number of nitrogens with zero attached hydrogens (tertiary/aromatic N) is 2. The molecule has 2 aliphatic rings. The Kier molecular flexibility index (Phi) is 5.53. The van der Waals surface area contributed by atoms with Crippen LogP contribution in [0.4, 0.5) is 5.13 Å². The summed E-state index contributed by atoms with van der Waals surface area (Å²) in [5.41, 5.74) is 4.73. The van der Waals surface area contributed by atoms with E-state index in [1.165, 1.54) is 39.6 Å². The Labute approximate surface area is 170 Å². The molecule has 1 atom stereocenters. The maximum atomic E-state index is 12.7. The summed E-state index contributed by atoms with van der Waals surface area (Å²) in [6.07, 6.45) is 8.08. The molecule has 1 N–H and O–H groups in total. The molecule has 0 radical (unpaired) electrons. The highest BCUT2D eigenvalue weighted by atomic mass is 32.2. The molecular formula is C20H25N3O3S2. The number of sulfonamides is 1. The largest absolute Gasteiger partial charge is 0.301 e. The van der Waals surface area contributed by atoms with Crippen LogP contribution in [-0.2, 0) is 27.7 Å². The lowest BCUT2D eigenvalue weighted by Crippen LogP contribution is -2.49. The van der Waals surface area contributed by atoms with Gasteiger partial charge in [-0.05, 0) is 55.7 Å². The van der Waals surface area contributed by atoms with Gasteiger partial charge in [-0.15, -0.1) is 11.3 Å². The van der Waals surface area contributed by atoms with Crippen molar-refractivity contribution in [3.8, 4) is 11.3 Å². The normalized spacial score (nSPS) is 20.5. The molecule has 0 saturated carbocycles. The van der Waals surface area contributed by atoms with Crippen LogP contribution in [-0.4, -0.2) is 42.5 Å². The monoisotopic (exact) mass is 419 g/mol. The Morgan fingerprint density at radius 2 is 1.96 bits per heavy atom. The van der Waals surface area contributed by atoms with Crippen molar-refractivity contribution in [3.05, 3.63) is 34.7 Å². The lowest BCUT2D eigenvalue weighted by molar-refractivity contribution is -0.120. The van der Waals surface area contributed by atoms with Gasteiger partial charge in [-0.3, -0.25) is 4.79 Å². The molecule has 8 heteroatoms. The van der Waals surface area contributed by atoms with Crippen molar-refractivity contribution in [1.82, 2.24) is 9.29 Å². The first-order chi connectivity index (χ1) is 13.4. The minimum Gasteiger partial charge on any atom is -0.301 e. The van der Waals surface area contributed by atoms with Gasteiger partial charge in [-0.25, -0.2) is 13.4 Å². The number of carbonyl (C=O) groups is 1. The molecule has 1 amide bonds. The summed E-state index contributed by atoms with van der Waals surface area (Å²) in [5.74, 6) is -0.295. The minimum absolute atomic E-state index is 0.295. The number of piperidine rings is 1. The van der Waals surface area contributed by atoms with E-state index in [0.717, 1.165) is 43.2 Å². The number of fused-ring (bicyclic) bond motifs is 1. The second-order valence-corrected chi connectivity index (χ2v) is 10.4. The van der Waals surface area contributed by atoms with Gasteiger partial charge in [-0.2, -0.15) is 4.31 Å². The average molecular weight is 420 g/mol. The summed E-state index contributed by atoms with van der Waals surface area (Å²) in [7, 11) is -3.40. The summed E-state index contributed by atoms with van der Waals surface area (Å²) < 4.78 is 25.3. The highest BCUT2D eigenvalue weighted by Crippen LogP contribution is 2.30. The molecule has 1 aliphatic heterocycles. The number of hydrogen-bond acceptors (Lipinski definition) is 5. The molecule has 1 aromatic carbocycles. The Balaban J connectivity index is 1.49. The minimum atomic E-state index is -3.40. The van der Waals surface area contributed by atoms with Gasteiger partial charge < -0.3 is 5.32 Å². The highest BCUT2D eigenvalue weighted by molar-refractivity contribution is 7.88. The van der Waals surface area contributed by atoms with Gasteiger partial charge in [0.15, 0.2) is 5.13 Å². The van der Waals surface area contributed by atoms with Crippen LogP contribution in [0.25, 0.3) is 11.3 Å². The second-order valence-electron chi connectivity index (χ2n) is 7.60.